The summed E-state index contributed by atoms with van der Waals surface area (Å²) in [7, 11) is 0. The molecule has 5 nitrogen and oxygen atoms in total. The van der Waals surface area contributed by atoms with Crippen molar-refractivity contribution >= 4 is 5.97 Å². The van der Waals surface area contributed by atoms with Gasteiger partial charge in [0.1, 0.15) is 0 Å². The Morgan fingerprint density at radius 3 is 2.62 bits per heavy atom. The fraction of sp³-hybridized carbons (Fsp3) is 0.375. The van der Waals surface area contributed by atoms with Crippen molar-refractivity contribution in [3.8, 4) is 0 Å². The van der Waals surface area contributed by atoms with E-state index in [4.69, 9.17) is 5.11 Å². The number of aliphatic carboxylic acids is 1. The predicted octanol–water partition coefficient (Wildman–Crippen LogP) is 0.506. The molecule has 1 rings (SSSR count). The summed E-state index contributed by atoms with van der Waals surface area (Å²) in [6.07, 6.45) is -2.92. The average Bonchev–Trinajstić information content (AvgIpc) is 2.14. The van der Waals surface area contributed by atoms with Crippen LogP contribution in [0.3, 0.4) is 0 Å². The molecule has 88 valence electrons. The standard InChI is InChI=1S/C8H7F3N2O3/c9-8(10,11)5(7(15)16)3-13-4-12-2-1-6(13)14/h1-2,4-5H,3H2,(H,15,16). The van der Waals surface area contributed by atoms with Gasteiger partial charge in [-0.25, -0.2) is 4.98 Å². The van der Waals surface area contributed by atoms with Crippen molar-refractivity contribution in [2.45, 2.75) is 12.7 Å². The zero-order valence-electron chi connectivity index (χ0n) is 7.81. The molecule has 0 amide bonds. The van der Waals surface area contributed by atoms with E-state index in [0.717, 1.165) is 18.6 Å². The highest BCUT2D eigenvalue weighted by atomic mass is 19.4. The van der Waals surface area contributed by atoms with Gasteiger partial charge in [0.25, 0.3) is 5.56 Å². The number of hydrogen-bond acceptors (Lipinski definition) is 3. The highest BCUT2D eigenvalue weighted by molar-refractivity contribution is 5.70. The van der Waals surface area contributed by atoms with Crippen molar-refractivity contribution in [1.82, 2.24) is 9.55 Å². The number of hydrogen-bond donors (Lipinski definition) is 1. The summed E-state index contributed by atoms with van der Waals surface area (Å²) in [6, 6.07) is 0.954. The molecule has 0 fully saturated rings. The molecule has 1 aromatic rings. The van der Waals surface area contributed by atoms with E-state index in [2.05, 4.69) is 4.98 Å². The largest absolute Gasteiger partial charge is 0.481 e. The number of alkyl halides is 3. The maximum Gasteiger partial charge on any atom is 0.403 e. The molecule has 0 aliphatic carbocycles. The van der Waals surface area contributed by atoms with Crippen molar-refractivity contribution in [1.29, 1.82) is 0 Å². The summed E-state index contributed by atoms with van der Waals surface area (Å²) in [5.74, 6) is -4.64. The van der Waals surface area contributed by atoms with E-state index < -0.39 is 30.2 Å². The first-order chi connectivity index (χ1) is 7.32. The Morgan fingerprint density at radius 1 is 1.56 bits per heavy atom. The second kappa shape index (κ2) is 4.33. The lowest BCUT2D eigenvalue weighted by molar-refractivity contribution is -0.196. The van der Waals surface area contributed by atoms with E-state index in [1.165, 1.54) is 0 Å². The van der Waals surface area contributed by atoms with Crippen LogP contribution < -0.4 is 5.56 Å². The SMILES string of the molecule is O=C(O)C(Cn1cnccc1=O)C(F)(F)F. The zero-order valence-corrected chi connectivity index (χ0v) is 7.81. The first kappa shape index (κ1) is 12.2. The minimum absolute atomic E-state index is 0.603. The number of carbonyl (C=O) groups is 1. The summed E-state index contributed by atoms with van der Waals surface area (Å²) in [5, 5.41) is 8.41. The smallest absolute Gasteiger partial charge is 0.403 e. The van der Waals surface area contributed by atoms with E-state index in [9.17, 15) is 22.8 Å². The number of carboxylic acids is 1. The number of carboxylic acid groups (broad SMARTS) is 1. The Hall–Kier alpha value is -1.86. The number of rotatable bonds is 3. The van der Waals surface area contributed by atoms with Gasteiger partial charge in [0.15, 0.2) is 5.92 Å². The molecule has 0 bridgehead atoms. The van der Waals surface area contributed by atoms with Crippen molar-refractivity contribution in [2.75, 3.05) is 0 Å². The van der Waals surface area contributed by atoms with Gasteiger partial charge in [0.05, 0.1) is 6.33 Å². The lowest BCUT2D eigenvalue weighted by Crippen LogP contribution is -2.37. The molecular weight excluding hydrogens is 229 g/mol. The maximum absolute atomic E-state index is 12.3. The van der Waals surface area contributed by atoms with Crippen molar-refractivity contribution in [3.63, 3.8) is 0 Å². The van der Waals surface area contributed by atoms with Crippen LogP contribution >= 0.6 is 0 Å². The normalized spacial score (nSPS) is 13.4. The Bertz CT molecular complexity index is 441. The van der Waals surface area contributed by atoms with E-state index in [0.29, 0.717) is 4.57 Å². The highest BCUT2D eigenvalue weighted by Crippen LogP contribution is 2.27. The molecule has 1 aromatic heterocycles. The van der Waals surface area contributed by atoms with Gasteiger partial charge in [-0.2, -0.15) is 13.2 Å². The van der Waals surface area contributed by atoms with Crippen LogP contribution in [0.25, 0.3) is 0 Å². The quantitative estimate of drug-likeness (QED) is 0.829. The Morgan fingerprint density at radius 2 is 2.19 bits per heavy atom. The van der Waals surface area contributed by atoms with Crippen LogP contribution in [0.1, 0.15) is 0 Å². The average molecular weight is 236 g/mol. The molecule has 0 aliphatic rings. The molecule has 1 N–H and O–H groups in total. The number of halogens is 3. The summed E-state index contributed by atoms with van der Waals surface area (Å²) in [5.41, 5.74) is -0.731. The van der Waals surface area contributed by atoms with Gasteiger partial charge in [-0.15, -0.1) is 0 Å². The van der Waals surface area contributed by atoms with Crippen LogP contribution in [0, 0.1) is 5.92 Å². The van der Waals surface area contributed by atoms with Gasteiger partial charge in [-0.3, -0.25) is 14.2 Å². The van der Waals surface area contributed by atoms with Crippen LogP contribution in [0.4, 0.5) is 13.2 Å². The van der Waals surface area contributed by atoms with Crippen LogP contribution in [-0.2, 0) is 11.3 Å². The van der Waals surface area contributed by atoms with E-state index >= 15 is 0 Å². The number of nitrogens with zero attached hydrogens (tertiary/aromatic N) is 2. The maximum atomic E-state index is 12.3. The molecule has 1 heterocycles. The minimum atomic E-state index is -4.90. The minimum Gasteiger partial charge on any atom is -0.481 e. The Balaban J connectivity index is 2.98. The molecule has 0 aliphatic heterocycles. The second-order valence-corrected chi connectivity index (χ2v) is 3.00. The summed E-state index contributed by atoms with van der Waals surface area (Å²) in [6.45, 7) is -0.981. The zero-order chi connectivity index (χ0) is 12.3. The Kier molecular flexibility index (Phi) is 3.31. The van der Waals surface area contributed by atoms with Crippen LogP contribution in [-0.4, -0.2) is 26.8 Å². The summed E-state index contributed by atoms with van der Waals surface area (Å²) >= 11 is 0. The van der Waals surface area contributed by atoms with Gasteiger partial charge in [0, 0.05) is 18.8 Å². The van der Waals surface area contributed by atoms with Crippen molar-refractivity contribution in [2.24, 2.45) is 5.92 Å². The fourth-order valence-electron chi connectivity index (χ4n) is 1.03. The number of aromatic nitrogens is 2. The third kappa shape index (κ3) is 2.81. The van der Waals surface area contributed by atoms with E-state index in [1.807, 2.05) is 0 Å². The molecule has 8 heteroatoms. The molecule has 0 saturated heterocycles. The van der Waals surface area contributed by atoms with Crippen LogP contribution in [0.5, 0.6) is 0 Å². The van der Waals surface area contributed by atoms with E-state index in [1.54, 1.807) is 0 Å². The monoisotopic (exact) mass is 236 g/mol. The molecule has 16 heavy (non-hydrogen) atoms. The van der Waals surface area contributed by atoms with Gasteiger partial charge >= 0.3 is 12.1 Å². The van der Waals surface area contributed by atoms with Gasteiger partial charge < -0.3 is 5.11 Å². The Labute approximate surface area is 87.2 Å². The third-order valence-electron chi connectivity index (χ3n) is 1.86. The fourth-order valence-corrected chi connectivity index (χ4v) is 1.03. The molecule has 1 atom stereocenters. The highest BCUT2D eigenvalue weighted by Gasteiger charge is 2.45. The second-order valence-electron chi connectivity index (χ2n) is 3.00. The topological polar surface area (TPSA) is 72.2 Å². The first-order valence-electron chi connectivity index (χ1n) is 4.12. The van der Waals surface area contributed by atoms with E-state index in [-0.39, 0.29) is 0 Å². The van der Waals surface area contributed by atoms with Gasteiger partial charge in [0.2, 0.25) is 0 Å². The van der Waals surface area contributed by atoms with Gasteiger partial charge in [-0.1, -0.05) is 0 Å². The molecule has 0 saturated carbocycles. The van der Waals surface area contributed by atoms with Crippen molar-refractivity contribution < 1.29 is 23.1 Å². The summed E-state index contributed by atoms with van der Waals surface area (Å²) in [4.78, 5) is 24.9. The molecule has 0 aromatic carbocycles. The molecule has 1 unspecified atom stereocenters. The van der Waals surface area contributed by atoms with Crippen LogP contribution in [0.2, 0.25) is 0 Å². The lowest BCUT2D eigenvalue weighted by atomic mass is 10.1. The summed E-state index contributed by atoms with van der Waals surface area (Å²) < 4.78 is 37.4. The third-order valence-corrected chi connectivity index (χ3v) is 1.86. The predicted molar refractivity (Wildman–Crippen MR) is 45.7 cm³/mol. The first-order valence-corrected chi connectivity index (χ1v) is 4.12. The molecular formula is C8H7F3N2O3. The lowest BCUT2D eigenvalue weighted by Gasteiger charge is -2.16. The molecule has 0 radical (unpaired) electrons. The molecule has 0 spiro atoms. The van der Waals surface area contributed by atoms with Crippen molar-refractivity contribution in [3.05, 3.63) is 28.9 Å². The van der Waals surface area contributed by atoms with Gasteiger partial charge in [-0.05, 0) is 0 Å². The van der Waals surface area contributed by atoms with Crippen LogP contribution in [0.15, 0.2) is 23.4 Å².